The van der Waals surface area contributed by atoms with E-state index >= 15 is 0 Å². The SMILES string of the molecule is COC1C(=O)[C@@H](COC(=O)c2ccccc2)O[C@@H]1OC. The Hall–Kier alpha value is -1.76. The molecule has 0 aliphatic carbocycles. The van der Waals surface area contributed by atoms with Crippen LogP contribution in [-0.4, -0.2) is 51.1 Å². The Morgan fingerprint density at radius 2 is 1.90 bits per heavy atom. The maximum absolute atomic E-state index is 11.9. The summed E-state index contributed by atoms with van der Waals surface area (Å²) in [5.41, 5.74) is 0.421. The molecule has 1 aromatic rings. The summed E-state index contributed by atoms with van der Waals surface area (Å²) in [6.45, 7) is -0.160. The predicted octanol–water partition coefficient (Wildman–Crippen LogP) is 0.799. The third-order valence-electron chi connectivity index (χ3n) is 3.00. The van der Waals surface area contributed by atoms with Crippen molar-refractivity contribution in [1.82, 2.24) is 0 Å². The number of carbonyl (C=O) groups excluding carboxylic acids is 2. The molecule has 0 spiro atoms. The molecule has 1 aromatic carbocycles. The number of carbonyl (C=O) groups is 2. The zero-order valence-corrected chi connectivity index (χ0v) is 11.3. The summed E-state index contributed by atoms with van der Waals surface area (Å²) in [6.07, 6.45) is -2.43. The van der Waals surface area contributed by atoms with Gasteiger partial charge in [0.1, 0.15) is 6.61 Å². The van der Waals surface area contributed by atoms with Gasteiger partial charge in [0.15, 0.2) is 24.3 Å². The lowest BCUT2D eigenvalue weighted by Crippen LogP contribution is -2.32. The van der Waals surface area contributed by atoms with Crippen molar-refractivity contribution in [3.63, 3.8) is 0 Å². The zero-order valence-electron chi connectivity index (χ0n) is 11.3. The molecule has 20 heavy (non-hydrogen) atoms. The maximum Gasteiger partial charge on any atom is 0.338 e. The van der Waals surface area contributed by atoms with E-state index in [1.165, 1.54) is 14.2 Å². The highest BCUT2D eigenvalue weighted by Gasteiger charge is 2.44. The molecule has 0 amide bonds. The van der Waals surface area contributed by atoms with Crippen molar-refractivity contribution < 1.29 is 28.5 Å². The summed E-state index contributed by atoms with van der Waals surface area (Å²) < 4.78 is 20.4. The van der Waals surface area contributed by atoms with Crippen LogP contribution in [0.3, 0.4) is 0 Å². The third kappa shape index (κ3) is 3.04. The van der Waals surface area contributed by atoms with Crippen LogP contribution in [0.5, 0.6) is 0 Å². The van der Waals surface area contributed by atoms with Crippen molar-refractivity contribution in [1.29, 1.82) is 0 Å². The molecule has 2 rings (SSSR count). The molecular weight excluding hydrogens is 264 g/mol. The van der Waals surface area contributed by atoms with Gasteiger partial charge in [-0.15, -0.1) is 0 Å². The number of esters is 1. The number of ether oxygens (including phenoxy) is 4. The quantitative estimate of drug-likeness (QED) is 0.743. The smallest absolute Gasteiger partial charge is 0.338 e. The Balaban J connectivity index is 1.92. The van der Waals surface area contributed by atoms with Gasteiger partial charge in [-0.2, -0.15) is 0 Å². The Kier molecular flexibility index (Phi) is 4.84. The van der Waals surface area contributed by atoms with Gasteiger partial charge in [0.25, 0.3) is 0 Å². The Labute approximate surface area is 116 Å². The minimum atomic E-state index is -0.863. The minimum absolute atomic E-state index is 0.160. The van der Waals surface area contributed by atoms with E-state index in [9.17, 15) is 9.59 Å². The van der Waals surface area contributed by atoms with E-state index in [4.69, 9.17) is 18.9 Å². The summed E-state index contributed by atoms with van der Waals surface area (Å²) in [4.78, 5) is 23.7. The molecule has 1 aliphatic rings. The molecule has 1 unspecified atom stereocenters. The van der Waals surface area contributed by atoms with Crippen LogP contribution in [-0.2, 0) is 23.7 Å². The Bertz CT molecular complexity index is 472. The van der Waals surface area contributed by atoms with Gasteiger partial charge in [-0.1, -0.05) is 18.2 Å². The van der Waals surface area contributed by atoms with E-state index in [2.05, 4.69) is 0 Å². The lowest BCUT2D eigenvalue weighted by molar-refractivity contribution is -0.159. The van der Waals surface area contributed by atoms with E-state index in [1.54, 1.807) is 30.3 Å². The van der Waals surface area contributed by atoms with Gasteiger partial charge in [0, 0.05) is 14.2 Å². The number of Topliss-reactive ketones (excluding diaryl/α,β-unsaturated/α-hetero) is 1. The fourth-order valence-corrected chi connectivity index (χ4v) is 1.95. The molecule has 0 aromatic heterocycles. The molecule has 6 heteroatoms. The first-order valence-electron chi connectivity index (χ1n) is 6.14. The second kappa shape index (κ2) is 6.60. The normalized spacial score (nSPS) is 25.7. The van der Waals surface area contributed by atoms with E-state index in [0.717, 1.165) is 0 Å². The number of hydrogen-bond acceptors (Lipinski definition) is 6. The summed E-state index contributed by atoms with van der Waals surface area (Å²) in [5.74, 6) is -0.794. The van der Waals surface area contributed by atoms with Crippen LogP contribution in [0.4, 0.5) is 0 Å². The average Bonchev–Trinajstić information content (AvgIpc) is 2.81. The first-order valence-corrected chi connectivity index (χ1v) is 6.14. The summed E-state index contributed by atoms with van der Waals surface area (Å²) in [6, 6.07) is 8.53. The molecule has 0 N–H and O–H groups in total. The fourth-order valence-electron chi connectivity index (χ4n) is 1.95. The highest BCUT2D eigenvalue weighted by molar-refractivity contribution is 5.91. The van der Waals surface area contributed by atoms with Crippen LogP contribution < -0.4 is 0 Å². The highest BCUT2D eigenvalue weighted by Crippen LogP contribution is 2.20. The van der Waals surface area contributed by atoms with E-state index in [0.29, 0.717) is 5.56 Å². The molecule has 0 saturated carbocycles. The molecule has 3 atom stereocenters. The largest absolute Gasteiger partial charge is 0.459 e. The molecule has 1 fully saturated rings. The van der Waals surface area contributed by atoms with Crippen LogP contribution in [0.2, 0.25) is 0 Å². The van der Waals surface area contributed by atoms with E-state index < -0.39 is 24.5 Å². The van der Waals surface area contributed by atoms with Crippen molar-refractivity contribution in [3.8, 4) is 0 Å². The van der Waals surface area contributed by atoms with Crippen LogP contribution in [0.1, 0.15) is 10.4 Å². The summed E-state index contributed by atoms with van der Waals surface area (Å²) in [7, 11) is 2.82. The molecule has 1 aliphatic heterocycles. The van der Waals surface area contributed by atoms with Gasteiger partial charge in [0.05, 0.1) is 5.56 Å². The van der Waals surface area contributed by atoms with Gasteiger partial charge in [-0.05, 0) is 12.1 Å². The summed E-state index contributed by atoms with van der Waals surface area (Å²) in [5, 5.41) is 0. The molecule has 1 heterocycles. The minimum Gasteiger partial charge on any atom is -0.459 e. The average molecular weight is 280 g/mol. The van der Waals surface area contributed by atoms with Crippen molar-refractivity contribution in [3.05, 3.63) is 35.9 Å². The lowest BCUT2D eigenvalue weighted by Gasteiger charge is -2.13. The molecule has 6 nitrogen and oxygen atoms in total. The van der Waals surface area contributed by atoms with Gasteiger partial charge in [-0.3, -0.25) is 4.79 Å². The summed E-state index contributed by atoms with van der Waals surface area (Å²) >= 11 is 0. The lowest BCUT2D eigenvalue weighted by atomic mass is 10.2. The number of methoxy groups -OCH3 is 2. The number of rotatable bonds is 5. The maximum atomic E-state index is 11.9. The van der Waals surface area contributed by atoms with Gasteiger partial charge in [-0.25, -0.2) is 4.79 Å². The molecule has 0 radical (unpaired) electrons. The van der Waals surface area contributed by atoms with E-state index in [-0.39, 0.29) is 12.4 Å². The zero-order chi connectivity index (χ0) is 14.5. The third-order valence-corrected chi connectivity index (χ3v) is 3.00. The highest BCUT2D eigenvalue weighted by atomic mass is 16.7. The second-order valence-electron chi connectivity index (χ2n) is 4.25. The Morgan fingerprint density at radius 1 is 1.20 bits per heavy atom. The van der Waals surface area contributed by atoms with Gasteiger partial charge in [0.2, 0.25) is 0 Å². The van der Waals surface area contributed by atoms with Crippen molar-refractivity contribution in [2.24, 2.45) is 0 Å². The van der Waals surface area contributed by atoms with Crippen LogP contribution in [0, 0.1) is 0 Å². The molecular formula is C14H16O6. The van der Waals surface area contributed by atoms with Crippen molar-refractivity contribution in [2.75, 3.05) is 20.8 Å². The predicted molar refractivity (Wildman–Crippen MR) is 68.2 cm³/mol. The molecule has 1 saturated heterocycles. The van der Waals surface area contributed by atoms with Crippen molar-refractivity contribution in [2.45, 2.75) is 18.5 Å². The fraction of sp³-hybridized carbons (Fsp3) is 0.429. The molecule has 108 valence electrons. The van der Waals surface area contributed by atoms with E-state index in [1.807, 2.05) is 0 Å². The molecule has 0 bridgehead atoms. The van der Waals surface area contributed by atoms with Crippen LogP contribution in [0.15, 0.2) is 30.3 Å². The standard InChI is InChI=1S/C14H16O6/c1-17-12-11(15)10(20-14(12)18-2)8-19-13(16)9-6-4-3-5-7-9/h3-7,10,12,14H,8H2,1-2H3/t10-,12?,14+/m1/s1. The number of benzene rings is 1. The number of ketones is 1. The van der Waals surface area contributed by atoms with Crippen LogP contribution in [0.25, 0.3) is 0 Å². The van der Waals surface area contributed by atoms with Crippen LogP contribution >= 0.6 is 0 Å². The topological polar surface area (TPSA) is 71.1 Å². The van der Waals surface area contributed by atoms with Crippen molar-refractivity contribution >= 4 is 11.8 Å². The first-order chi connectivity index (χ1) is 9.67. The first kappa shape index (κ1) is 14.6. The van der Waals surface area contributed by atoms with Gasteiger partial charge >= 0.3 is 5.97 Å². The number of hydrogen-bond donors (Lipinski definition) is 0. The second-order valence-corrected chi connectivity index (χ2v) is 4.25. The monoisotopic (exact) mass is 280 g/mol. The Morgan fingerprint density at radius 3 is 2.45 bits per heavy atom. The van der Waals surface area contributed by atoms with Gasteiger partial charge < -0.3 is 18.9 Å².